The first-order valence-electron chi connectivity index (χ1n) is 5.89. The maximum absolute atomic E-state index is 13.6. The van der Waals surface area contributed by atoms with Crippen molar-refractivity contribution in [2.75, 3.05) is 0 Å². The van der Waals surface area contributed by atoms with Gasteiger partial charge in [-0.15, -0.1) is 0 Å². The zero-order chi connectivity index (χ0) is 14.0. The Morgan fingerprint density at radius 3 is 2.53 bits per heavy atom. The summed E-state index contributed by atoms with van der Waals surface area (Å²) in [5, 5.41) is 9.78. The molecule has 2 aromatic carbocycles. The largest absolute Gasteiger partial charge is 0.389 e. The maximum Gasteiger partial charge on any atom is 0.126 e. The van der Waals surface area contributed by atoms with Crippen LogP contribution in [0.3, 0.4) is 0 Å². The summed E-state index contributed by atoms with van der Waals surface area (Å²) >= 11 is 5.01. The minimum Gasteiger partial charge on any atom is -0.389 e. The topological polar surface area (TPSA) is 20.2 Å². The van der Waals surface area contributed by atoms with E-state index in [1.807, 2.05) is 24.3 Å². The average Bonchev–Trinajstić information content (AvgIpc) is 2.36. The first-order valence-corrected chi connectivity index (χ1v) is 7.50. The Kier molecular flexibility index (Phi) is 4.66. The van der Waals surface area contributed by atoms with Crippen LogP contribution < -0.4 is 0 Å². The van der Waals surface area contributed by atoms with Gasteiger partial charge in [0.1, 0.15) is 5.82 Å². The highest BCUT2D eigenvalue weighted by Crippen LogP contribution is 2.38. The molecule has 0 aliphatic carbocycles. The Labute approximate surface area is 125 Å². The fourth-order valence-electron chi connectivity index (χ4n) is 1.73. The lowest BCUT2D eigenvalue weighted by Gasteiger charge is -2.14. The van der Waals surface area contributed by atoms with Crippen molar-refractivity contribution in [3.63, 3.8) is 0 Å². The Morgan fingerprint density at radius 1 is 1.21 bits per heavy atom. The van der Waals surface area contributed by atoms with Gasteiger partial charge in [0.25, 0.3) is 0 Å². The van der Waals surface area contributed by atoms with Crippen LogP contribution in [0.1, 0.15) is 24.2 Å². The van der Waals surface area contributed by atoms with Crippen LogP contribution in [0, 0.1) is 12.7 Å². The van der Waals surface area contributed by atoms with Gasteiger partial charge in [-0.1, -0.05) is 23.9 Å². The molecule has 0 fully saturated rings. The van der Waals surface area contributed by atoms with Crippen molar-refractivity contribution >= 4 is 27.7 Å². The van der Waals surface area contributed by atoms with Crippen molar-refractivity contribution in [2.45, 2.75) is 29.7 Å². The predicted octanol–water partition coefficient (Wildman–Crippen LogP) is 5.10. The Bertz CT molecular complexity index is 599. The number of halogens is 2. The number of aliphatic hydroxyl groups is 1. The number of hydrogen-bond acceptors (Lipinski definition) is 2. The Hall–Kier alpha value is -0.840. The van der Waals surface area contributed by atoms with E-state index >= 15 is 0 Å². The molecule has 0 aliphatic rings. The van der Waals surface area contributed by atoms with E-state index in [-0.39, 0.29) is 5.82 Å². The third kappa shape index (κ3) is 3.38. The minimum absolute atomic E-state index is 0.285. The fourth-order valence-corrected chi connectivity index (χ4v) is 3.39. The van der Waals surface area contributed by atoms with E-state index in [9.17, 15) is 9.50 Å². The Balaban J connectivity index is 2.45. The first-order chi connectivity index (χ1) is 8.99. The third-order valence-electron chi connectivity index (χ3n) is 2.80. The highest BCUT2D eigenvalue weighted by Gasteiger charge is 2.13. The van der Waals surface area contributed by atoms with E-state index in [4.69, 9.17) is 0 Å². The van der Waals surface area contributed by atoms with E-state index in [0.717, 1.165) is 14.3 Å². The molecule has 1 nitrogen and oxygen atoms in total. The third-order valence-corrected chi connectivity index (χ3v) is 4.90. The van der Waals surface area contributed by atoms with Crippen LogP contribution in [0.25, 0.3) is 0 Å². The van der Waals surface area contributed by atoms with Gasteiger partial charge in [0.2, 0.25) is 0 Å². The van der Waals surface area contributed by atoms with Crippen LogP contribution in [-0.2, 0) is 0 Å². The zero-order valence-electron chi connectivity index (χ0n) is 10.7. The molecule has 1 atom stereocenters. The second kappa shape index (κ2) is 6.07. The lowest BCUT2D eigenvalue weighted by atomic mass is 10.1. The van der Waals surface area contributed by atoms with Gasteiger partial charge in [0, 0.05) is 14.3 Å². The molecule has 0 amide bonds. The SMILES string of the molecule is Cc1cc(Sc2ccccc2Br)c([C@@H](C)O)cc1F. The average molecular weight is 341 g/mol. The van der Waals surface area contributed by atoms with Gasteiger partial charge in [-0.2, -0.15) is 0 Å². The monoisotopic (exact) mass is 340 g/mol. The van der Waals surface area contributed by atoms with E-state index in [2.05, 4.69) is 15.9 Å². The lowest BCUT2D eigenvalue weighted by Crippen LogP contribution is -1.97. The maximum atomic E-state index is 13.6. The Morgan fingerprint density at radius 2 is 1.89 bits per heavy atom. The molecule has 0 radical (unpaired) electrons. The van der Waals surface area contributed by atoms with Crippen molar-refractivity contribution in [3.05, 3.63) is 57.8 Å². The molecule has 100 valence electrons. The number of aliphatic hydroxyl groups excluding tert-OH is 1. The lowest BCUT2D eigenvalue weighted by molar-refractivity contribution is 0.196. The van der Waals surface area contributed by atoms with Crippen molar-refractivity contribution < 1.29 is 9.50 Å². The fraction of sp³-hybridized carbons (Fsp3) is 0.200. The van der Waals surface area contributed by atoms with Gasteiger partial charge >= 0.3 is 0 Å². The molecule has 4 heteroatoms. The normalized spacial score (nSPS) is 12.5. The molecule has 1 N–H and O–H groups in total. The van der Waals surface area contributed by atoms with Crippen molar-refractivity contribution in [1.82, 2.24) is 0 Å². The van der Waals surface area contributed by atoms with Gasteiger partial charge in [-0.05, 0) is 65.2 Å². The summed E-state index contributed by atoms with van der Waals surface area (Å²) in [6.45, 7) is 3.37. The predicted molar refractivity (Wildman–Crippen MR) is 80.0 cm³/mol. The van der Waals surface area contributed by atoms with E-state index in [0.29, 0.717) is 11.1 Å². The van der Waals surface area contributed by atoms with Gasteiger partial charge < -0.3 is 5.11 Å². The molecule has 2 rings (SSSR count). The number of aryl methyl sites for hydroxylation is 1. The number of hydrogen-bond donors (Lipinski definition) is 1. The van der Waals surface area contributed by atoms with Crippen LogP contribution in [0.4, 0.5) is 4.39 Å². The van der Waals surface area contributed by atoms with Gasteiger partial charge in [-0.25, -0.2) is 4.39 Å². The minimum atomic E-state index is -0.694. The summed E-state index contributed by atoms with van der Waals surface area (Å²) in [4.78, 5) is 1.91. The van der Waals surface area contributed by atoms with Crippen LogP contribution in [0.2, 0.25) is 0 Å². The van der Waals surface area contributed by atoms with Crippen molar-refractivity contribution in [2.24, 2.45) is 0 Å². The molecular weight excluding hydrogens is 327 g/mol. The number of benzene rings is 2. The van der Waals surface area contributed by atoms with E-state index < -0.39 is 6.10 Å². The molecule has 0 spiro atoms. The molecular formula is C15H14BrFOS. The molecule has 0 unspecified atom stereocenters. The van der Waals surface area contributed by atoms with Crippen LogP contribution >= 0.6 is 27.7 Å². The second-order valence-electron chi connectivity index (χ2n) is 4.35. The van der Waals surface area contributed by atoms with E-state index in [1.165, 1.54) is 17.8 Å². The molecule has 0 saturated carbocycles. The van der Waals surface area contributed by atoms with Crippen molar-refractivity contribution in [3.8, 4) is 0 Å². The van der Waals surface area contributed by atoms with Gasteiger partial charge in [0.15, 0.2) is 0 Å². The smallest absolute Gasteiger partial charge is 0.126 e. The second-order valence-corrected chi connectivity index (χ2v) is 6.29. The van der Waals surface area contributed by atoms with Crippen molar-refractivity contribution in [1.29, 1.82) is 0 Å². The van der Waals surface area contributed by atoms with Crippen LogP contribution in [0.5, 0.6) is 0 Å². The van der Waals surface area contributed by atoms with Crippen LogP contribution in [-0.4, -0.2) is 5.11 Å². The van der Waals surface area contributed by atoms with Crippen LogP contribution in [0.15, 0.2) is 50.7 Å². The number of rotatable bonds is 3. The molecule has 0 bridgehead atoms. The highest BCUT2D eigenvalue weighted by atomic mass is 79.9. The van der Waals surface area contributed by atoms with Gasteiger partial charge in [0.05, 0.1) is 6.10 Å². The summed E-state index contributed by atoms with van der Waals surface area (Å²) < 4.78 is 14.6. The molecule has 19 heavy (non-hydrogen) atoms. The summed E-state index contributed by atoms with van der Waals surface area (Å²) in [6.07, 6.45) is -0.694. The van der Waals surface area contributed by atoms with Gasteiger partial charge in [-0.3, -0.25) is 0 Å². The summed E-state index contributed by atoms with van der Waals surface area (Å²) in [7, 11) is 0. The van der Waals surface area contributed by atoms with E-state index in [1.54, 1.807) is 19.9 Å². The summed E-state index contributed by atoms with van der Waals surface area (Å²) in [5.41, 5.74) is 1.20. The molecule has 0 aliphatic heterocycles. The molecule has 0 saturated heterocycles. The zero-order valence-corrected chi connectivity index (χ0v) is 13.1. The highest BCUT2D eigenvalue weighted by molar-refractivity contribution is 9.10. The summed E-state index contributed by atoms with van der Waals surface area (Å²) in [5.74, 6) is -0.285. The molecule has 2 aromatic rings. The standard InChI is InChI=1S/C15H14BrFOS/c1-9-7-15(11(10(2)18)8-13(9)17)19-14-6-4-3-5-12(14)16/h3-8,10,18H,1-2H3/t10-/m1/s1. The quantitative estimate of drug-likeness (QED) is 0.838. The molecule has 0 heterocycles. The molecule has 0 aromatic heterocycles. The summed E-state index contributed by atoms with van der Waals surface area (Å²) in [6, 6.07) is 11.0. The first kappa shape index (κ1) is 14.6.